The van der Waals surface area contributed by atoms with Gasteiger partial charge in [0.25, 0.3) is 0 Å². The normalized spacial score (nSPS) is 12.7. The Morgan fingerprint density at radius 1 is 1.14 bits per heavy atom. The fourth-order valence-electron chi connectivity index (χ4n) is 2.95. The minimum atomic E-state index is 0.263. The summed E-state index contributed by atoms with van der Waals surface area (Å²) in [5.41, 5.74) is 2.04. The van der Waals surface area contributed by atoms with E-state index < -0.39 is 0 Å². The number of nitrogens with zero attached hydrogens (tertiary/aromatic N) is 2. The zero-order chi connectivity index (χ0) is 20.9. The highest BCUT2D eigenvalue weighted by molar-refractivity contribution is 5.79. The molecule has 158 valence electrons. The van der Waals surface area contributed by atoms with Gasteiger partial charge in [-0.2, -0.15) is 0 Å². The molecule has 0 aliphatic carbocycles. The molecule has 0 amide bonds. The van der Waals surface area contributed by atoms with Gasteiger partial charge in [0.15, 0.2) is 5.96 Å². The topological polar surface area (TPSA) is 67.8 Å². The van der Waals surface area contributed by atoms with Crippen molar-refractivity contribution in [3.63, 3.8) is 0 Å². The molecule has 0 saturated carbocycles. The molecule has 0 radical (unpaired) electrons. The molecule has 0 aliphatic heterocycles. The first kappa shape index (κ1) is 22.7. The van der Waals surface area contributed by atoms with Crippen molar-refractivity contribution in [2.45, 2.75) is 46.4 Å². The summed E-state index contributed by atoms with van der Waals surface area (Å²) >= 11 is 0. The molecular formula is C23H34N4O2. The lowest BCUT2D eigenvalue weighted by atomic mass is 10.0. The molecule has 1 unspecified atom stereocenters. The van der Waals surface area contributed by atoms with E-state index in [9.17, 15) is 0 Å². The fraction of sp³-hybridized carbons (Fsp3) is 0.478. The first-order valence-corrected chi connectivity index (χ1v) is 10.3. The van der Waals surface area contributed by atoms with E-state index in [4.69, 9.17) is 9.47 Å². The van der Waals surface area contributed by atoms with Crippen molar-refractivity contribution in [3.05, 3.63) is 59.9 Å². The van der Waals surface area contributed by atoms with Gasteiger partial charge in [0.2, 0.25) is 0 Å². The van der Waals surface area contributed by atoms with Crippen LogP contribution >= 0.6 is 0 Å². The third kappa shape index (κ3) is 8.52. The molecule has 0 aliphatic rings. The van der Waals surface area contributed by atoms with Crippen LogP contribution in [-0.2, 0) is 17.9 Å². The molecule has 1 aromatic carbocycles. The van der Waals surface area contributed by atoms with E-state index in [1.807, 2.05) is 43.3 Å². The van der Waals surface area contributed by atoms with Gasteiger partial charge in [0.05, 0.1) is 11.8 Å². The van der Waals surface area contributed by atoms with Gasteiger partial charge in [-0.05, 0) is 49.1 Å². The smallest absolute Gasteiger partial charge is 0.191 e. The van der Waals surface area contributed by atoms with Crippen LogP contribution in [0.5, 0.6) is 5.75 Å². The molecular weight excluding hydrogens is 364 g/mol. The SMILES string of the molecule is CCOC(CCNC(=NC)NCc1cccc(OCc2ccccn2)c1)C(C)C. The van der Waals surface area contributed by atoms with Gasteiger partial charge in [0, 0.05) is 32.9 Å². The molecule has 29 heavy (non-hydrogen) atoms. The summed E-state index contributed by atoms with van der Waals surface area (Å²) in [5, 5.41) is 6.72. The summed E-state index contributed by atoms with van der Waals surface area (Å²) in [7, 11) is 1.78. The quantitative estimate of drug-likeness (QED) is 0.445. The van der Waals surface area contributed by atoms with Crippen molar-refractivity contribution in [1.29, 1.82) is 0 Å². The summed E-state index contributed by atoms with van der Waals surface area (Å²) in [6.07, 6.45) is 2.98. The van der Waals surface area contributed by atoms with Gasteiger partial charge in [-0.25, -0.2) is 0 Å². The maximum Gasteiger partial charge on any atom is 0.191 e. The molecule has 2 rings (SSSR count). The van der Waals surface area contributed by atoms with E-state index >= 15 is 0 Å². The fourth-order valence-corrected chi connectivity index (χ4v) is 2.95. The number of nitrogens with one attached hydrogen (secondary N) is 2. The highest BCUT2D eigenvalue weighted by atomic mass is 16.5. The second-order valence-corrected chi connectivity index (χ2v) is 7.14. The van der Waals surface area contributed by atoms with E-state index in [1.54, 1.807) is 13.2 Å². The Morgan fingerprint density at radius 2 is 2.00 bits per heavy atom. The van der Waals surface area contributed by atoms with E-state index in [1.165, 1.54) is 0 Å². The number of guanidine groups is 1. The van der Waals surface area contributed by atoms with E-state index in [0.29, 0.717) is 19.1 Å². The maximum absolute atomic E-state index is 5.85. The third-order valence-electron chi connectivity index (χ3n) is 4.54. The second-order valence-electron chi connectivity index (χ2n) is 7.14. The van der Waals surface area contributed by atoms with Crippen molar-refractivity contribution < 1.29 is 9.47 Å². The molecule has 2 aromatic rings. The van der Waals surface area contributed by atoms with Crippen LogP contribution < -0.4 is 15.4 Å². The Hall–Kier alpha value is -2.60. The van der Waals surface area contributed by atoms with Gasteiger partial charge in [-0.1, -0.05) is 32.0 Å². The van der Waals surface area contributed by atoms with E-state index in [-0.39, 0.29) is 6.10 Å². The number of hydrogen-bond acceptors (Lipinski definition) is 4. The minimum Gasteiger partial charge on any atom is -0.487 e. The molecule has 1 aromatic heterocycles. The molecule has 0 spiro atoms. The molecule has 0 fully saturated rings. The lowest BCUT2D eigenvalue weighted by Crippen LogP contribution is -2.38. The molecule has 0 bridgehead atoms. The Bertz CT molecular complexity index is 735. The standard InChI is InChI=1S/C23H34N4O2/c1-5-28-22(18(2)3)12-14-26-23(24-4)27-16-19-9-8-11-21(15-19)29-17-20-10-6-7-13-25-20/h6-11,13,15,18,22H,5,12,14,16-17H2,1-4H3,(H2,24,26,27). The van der Waals surface area contributed by atoms with E-state index in [2.05, 4.69) is 40.5 Å². The van der Waals surface area contributed by atoms with Crippen LogP contribution in [0.25, 0.3) is 0 Å². The number of hydrogen-bond donors (Lipinski definition) is 2. The predicted molar refractivity (Wildman–Crippen MR) is 118 cm³/mol. The Kier molecular flexibility index (Phi) is 10.00. The van der Waals surface area contributed by atoms with Gasteiger partial charge >= 0.3 is 0 Å². The number of aromatic nitrogens is 1. The van der Waals surface area contributed by atoms with Crippen LogP contribution in [0.1, 0.15) is 38.4 Å². The average Bonchev–Trinajstić information content (AvgIpc) is 2.74. The summed E-state index contributed by atoms with van der Waals surface area (Å²) in [4.78, 5) is 8.58. The van der Waals surface area contributed by atoms with Gasteiger partial charge in [-0.3, -0.25) is 9.98 Å². The molecule has 1 heterocycles. The Labute approximate surface area is 174 Å². The van der Waals surface area contributed by atoms with Crippen LogP contribution in [0.15, 0.2) is 53.7 Å². The van der Waals surface area contributed by atoms with Crippen molar-refractivity contribution in [1.82, 2.24) is 15.6 Å². The monoisotopic (exact) mass is 398 g/mol. The van der Waals surface area contributed by atoms with Crippen molar-refractivity contribution in [2.24, 2.45) is 10.9 Å². The van der Waals surface area contributed by atoms with Gasteiger partial charge in [-0.15, -0.1) is 0 Å². The Balaban J connectivity index is 1.78. The second kappa shape index (κ2) is 12.8. The van der Waals surface area contributed by atoms with Crippen LogP contribution in [0, 0.1) is 5.92 Å². The van der Waals surface area contributed by atoms with Crippen molar-refractivity contribution in [3.8, 4) is 5.75 Å². The molecule has 6 heteroatoms. The average molecular weight is 399 g/mol. The molecule has 6 nitrogen and oxygen atoms in total. The summed E-state index contributed by atoms with van der Waals surface area (Å²) in [5.74, 6) is 2.11. The summed E-state index contributed by atoms with van der Waals surface area (Å²) in [6, 6.07) is 13.9. The van der Waals surface area contributed by atoms with Crippen molar-refractivity contribution >= 4 is 5.96 Å². The largest absolute Gasteiger partial charge is 0.487 e. The zero-order valence-electron chi connectivity index (χ0n) is 18.0. The highest BCUT2D eigenvalue weighted by Gasteiger charge is 2.13. The summed E-state index contributed by atoms with van der Waals surface area (Å²) < 4.78 is 11.7. The third-order valence-corrected chi connectivity index (χ3v) is 4.54. The first-order valence-electron chi connectivity index (χ1n) is 10.3. The summed E-state index contributed by atoms with van der Waals surface area (Å²) in [6.45, 7) is 9.10. The zero-order valence-corrected chi connectivity index (χ0v) is 18.0. The molecule has 1 atom stereocenters. The number of ether oxygens (including phenoxy) is 2. The lowest BCUT2D eigenvalue weighted by molar-refractivity contribution is 0.0258. The Morgan fingerprint density at radius 3 is 2.69 bits per heavy atom. The molecule has 2 N–H and O–H groups in total. The number of benzene rings is 1. The van der Waals surface area contributed by atoms with E-state index in [0.717, 1.165) is 42.5 Å². The van der Waals surface area contributed by atoms with Crippen molar-refractivity contribution in [2.75, 3.05) is 20.2 Å². The predicted octanol–water partition coefficient (Wildman–Crippen LogP) is 3.78. The first-order chi connectivity index (χ1) is 14.1. The van der Waals surface area contributed by atoms with Gasteiger partial charge in [0.1, 0.15) is 12.4 Å². The number of aliphatic imine (C=N–C) groups is 1. The maximum atomic E-state index is 5.85. The van der Waals surface area contributed by atoms with Gasteiger partial charge < -0.3 is 20.1 Å². The molecule has 0 saturated heterocycles. The number of rotatable bonds is 11. The van der Waals surface area contributed by atoms with Crippen LogP contribution in [0.3, 0.4) is 0 Å². The van der Waals surface area contributed by atoms with Crippen LogP contribution in [0.2, 0.25) is 0 Å². The van der Waals surface area contributed by atoms with Crippen LogP contribution in [-0.4, -0.2) is 37.2 Å². The lowest BCUT2D eigenvalue weighted by Gasteiger charge is -2.21. The highest BCUT2D eigenvalue weighted by Crippen LogP contribution is 2.15. The van der Waals surface area contributed by atoms with Crippen LogP contribution in [0.4, 0.5) is 0 Å². The number of pyridine rings is 1. The minimum absolute atomic E-state index is 0.263.